The lowest BCUT2D eigenvalue weighted by Crippen LogP contribution is -2.15. The molecule has 1 amide bonds. The van der Waals surface area contributed by atoms with E-state index in [0.717, 1.165) is 35.8 Å². The number of rotatable bonds is 3. The third-order valence-electron chi connectivity index (χ3n) is 5.87. The summed E-state index contributed by atoms with van der Waals surface area (Å²) >= 11 is 1.34. The average Bonchev–Trinajstić information content (AvgIpc) is 3.38. The van der Waals surface area contributed by atoms with E-state index in [4.69, 9.17) is 0 Å². The number of nitrogens with one attached hydrogen (secondary N) is 1. The summed E-state index contributed by atoms with van der Waals surface area (Å²) in [5.74, 6) is -0.201. The number of fused-ring (bicyclic) bond motifs is 2. The van der Waals surface area contributed by atoms with Gasteiger partial charge < -0.3 is 5.32 Å². The largest absolute Gasteiger partial charge is 0.433 e. The van der Waals surface area contributed by atoms with Crippen LogP contribution in [0.1, 0.15) is 45.5 Å². The minimum atomic E-state index is -4.71. The Labute approximate surface area is 196 Å². The first kappa shape index (κ1) is 22.1. The second-order valence-corrected chi connectivity index (χ2v) is 9.42. The molecule has 1 aliphatic rings. The van der Waals surface area contributed by atoms with Crippen LogP contribution in [0.3, 0.4) is 0 Å². The van der Waals surface area contributed by atoms with Crippen LogP contribution < -0.4 is 5.32 Å². The van der Waals surface area contributed by atoms with E-state index in [1.54, 1.807) is 30.3 Å². The van der Waals surface area contributed by atoms with Crippen LogP contribution in [0.25, 0.3) is 16.9 Å². The predicted molar refractivity (Wildman–Crippen MR) is 122 cm³/mol. The van der Waals surface area contributed by atoms with Crippen LogP contribution in [-0.4, -0.2) is 20.5 Å². The maximum absolute atomic E-state index is 13.8. The second kappa shape index (κ2) is 8.25. The van der Waals surface area contributed by atoms with Crippen molar-refractivity contribution >= 4 is 27.9 Å². The first-order chi connectivity index (χ1) is 16.2. The van der Waals surface area contributed by atoms with Gasteiger partial charge in [0, 0.05) is 16.5 Å². The predicted octanol–water partition coefficient (Wildman–Crippen LogP) is 5.73. The highest BCUT2D eigenvalue weighted by molar-refractivity contribution is 7.16. The van der Waals surface area contributed by atoms with Gasteiger partial charge in [-0.05, 0) is 36.8 Å². The molecule has 0 saturated carbocycles. The van der Waals surface area contributed by atoms with Crippen molar-refractivity contribution in [3.63, 3.8) is 0 Å². The number of alkyl halides is 3. The summed E-state index contributed by atoms with van der Waals surface area (Å²) in [6.07, 6.45) is -2.14. The first-order valence-electron chi connectivity index (χ1n) is 10.6. The maximum atomic E-state index is 13.8. The summed E-state index contributed by atoms with van der Waals surface area (Å²) in [7, 11) is 0. The molecule has 10 heteroatoms. The van der Waals surface area contributed by atoms with Crippen molar-refractivity contribution in [2.45, 2.75) is 32.4 Å². The fourth-order valence-corrected chi connectivity index (χ4v) is 5.52. The van der Waals surface area contributed by atoms with E-state index in [1.165, 1.54) is 17.4 Å². The third-order valence-corrected chi connectivity index (χ3v) is 7.04. The Morgan fingerprint density at radius 2 is 2.03 bits per heavy atom. The molecule has 0 spiro atoms. The Morgan fingerprint density at radius 1 is 1.26 bits per heavy atom. The Hall–Kier alpha value is -3.71. The van der Waals surface area contributed by atoms with Crippen LogP contribution in [0.5, 0.6) is 0 Å². The summed E-state index contributed by atoms with van der Waals surface area (Å²) in [5.41, 5.74) is 0.659. The molecule has 1 atom stereocenters. The fourth-order valence-electron chi connectivity index (χ4n) is 4.17. The van der Waals surface area contributed by atoms with E-state index in [1.807, 2.05) is 0 Å². The highest BCUT2D eigenvalue weighted by Crippen LogP contribution is 2.39. The van der Waals surface area contributed by atoms with Crippen molar-refractivity contribution in [1.29, 1.82) is 5.26 Å². The quantitative estimate of drug-likeness (QED) is 0.405. The zero-order chi connectivity index (χ0) is 24.0. The highest BCUT2D eigenvalue weighted by atomic mass is 32.1. The van der Waals surface area contributed by atoms with Gasteiger partial charge >= 0.3 is 6.18 Å². The molecule has 3 aromatic heterocycles. The molecular formula is C24H18F3N5OS. The number of nitriles is 1. The molecule has 0 saturated heterocycles. The van der Waals surface area contributed by atoms with Gasteiger partial charge in [0.2, 0.25) is 0 Å². The molecule has 0 unspecified atom stereocenters. The summed E-state index contributed by atoms with van der Waals surface area (Å²) in [5, 5.41) is 16.6. The summed E-state index contributed by atoms with van der Waals surface area (Å²) in [6, 6.07) is 12.8. The Kier molecular flexibility index (Phi) is 5.37. The van der Waals surface area contributed by atoms with Crippen molar-refractivity contribution in [2.75, 3.05) is 5.32 Å². The summed E-state index contributed by atoms with van der Waals surface area (Å²) in [6.45, 7) is 2.14. The van der Waals surface area contributed by atoms with Crippen molar-refractivity contribution in [3.05, 3.63) is 69.9 Å². The number of carbonyl (C=O) groups excluding carboxylic acids is 1. The molecule has 1 aliphatic carbocycles. The van der Waals surface area contributed by atoms with E-state index in [9.17, 15) is 23.2 Å². The number of amides is 1. The summed E-state index contributed by atoms with van der Waals surface area (Å²) in [4.78, 5) is 18.3. The molecule has 172 valence electrons. The van der Waals surface area contributed by atoms with Crippen LogP contribution in [0, 0.1) is 17.2 Å². The Bertz CT molecular complexity index is 1450. The molecule has 1 aromatic carbocycles. The van der Waals surface area contributed by atoms with E-state index < -0.39 is 17.8 Å². The van der Waals surface area contributed by atoms with Crippen LogP contribution in [0.2, 0.25) is 0 Å². The second-order valence-electron chi connectivity index (χ2n) is 8.31. The van der Waals surface area contributed by atoms with Gasteiger partial charge in [-0.25, -0.2) is 9.50 Å². The molecule has 0 bridgehead atoms. The van der Waals surface area contributed by atoms with Crippen molar-refractivity contribution in [1.82, 2.24) is 14.6 Å². The van der Waals surface area contributed by atoms with Gasteiger partial charge in [0.05, 0.1) is 11.3 Å². The van der Waals surface area contributed by atoms with Crippen molar-refractivity contribution in [3.8, 4) is 17.3 Å². The highest BCUT2D eigenvalue weighted by Gasteiger charge is 2.36. The van der Waals surface area contributed by atoms with E-state index >= 15 is 0 Å². The molecule has 34 heavy (non-hydrogen) atoms. The third kappa shape index (κ3) is 3.92. The van der Waals surface area contributed by atoms with Gasteiger partial charge in [0.1, 0.15) is 11.1 Å². The lowest BCUT2D eigenvalue weighted by atomic mass is 9.89. The molecule has 6 nitrogen and oxygen atoms in total. The monoisotopic (exact) mass is 481 g/mol. The topological polar surface area (TPSA) is 83.1 Å². The van der Waals surface area contributed by atoms with Gasteiger partial charge in [-0.2, -0.15) is 23.5 Å². The fraction of sp³-hybridized carbons (Fsp3) is 0.250. The standard InChI is InChI=1S/C24H18F3N5OS/c1-13-7-8-15-16(12-28)23(34-19(15)9-13)30-22(33)18-11-21-29-17(14-5-3-2-4-6-14)10-20(24(25,26)27)32(21)31-18/h2-6,10-11,13H,7-9H2,1H3,(H,30,33)/t13-/m1/s1. The number of thiophene rings is 1. The van der Waals surface area contributed by atoms with E-state index in [0.29, 0.717) is 26.6 Å². The average molecular weight is 482 g/mol. The van der Waals surface area contributed by atoms with Gasteiger partial charge in [0.25, 0.3) is 5.91 Å². The molecule has 3 heterocycles. The SMILES string of the molecule is C[C@@H]1CCc2c(sc(NC(=O)c3cc4nc(-c5ccccc5)cc(C(F)(F)F)n4n3)c2C#N)C1. The molecule has 0 fully saturated rings. The minimum absolute atomic E-state index is 0.0985. The van der Waals surface area contributed by atoms with Crippen molar-refractivity contribution < 1.29 is 18.0 Å². The minimum Gasteiger partial charge on any atom is -0.311 e. The molecular weight excluding hydrogens is 463 g/mol. The lowest BCUT2D eigenvalue weighted by Gasteiger charge is -2.17. The van der Waals surface area contributed by atoms with Gasteiger partial charge in [-0.3, -0.25) is 4.79 Å². The Balaban J connectivity index is 1.54. The van der Waals surface area contributed by atoms with Crippen molar-refractivity contribution in [2.24, 2.45) is 5.92 Å². The zero-order valence-corrected chi connectivity index (χ0v) is 18.8. The number of anilines is 1. The number of hydrogen-bond acceptors (Lipinski definition) is 5. The number of hydrogen-bond donors (Lipinski definition) is 1. The smallest absolute Gasteiger partial charge is 0.311 e. The molecule has 1 N–H and O–H groups in total. The van der Waals surface area contributed by atoms with Crippen LogP contribution in [-0.2, 0) is 19.0 Å². The van der Waals surface area contributed by atoms with Gasteiger partial charge in [-0.15, -0.1) is 11.3 Å². The number of carbonyl (C=O) groups is 1. The Morgan fingerprint density at radius 3 is 2.74 bits per heavy atom. The number of halogens is 3. The molecule has 0 aliphatic heterocycles. The number of aromatic nitrogens is 3. The molecule has 5 rings (SSSR count). The van der Waals surface area contributed by atoms with E-state index in [2.05, 4.69) is 28.4 Å². The van der Waals surface area contributed by atoms with Gasteiger partial charge in [-0.1, -0.05) is 37.3 Å². The van der Waals surface area contributed by atoms with Crippen LogP contribution in [0.15, 0.2) is 42.5 Å². The normalized spacial score (nSPS) is 15.7. The molecule has 0 radical (unpaired) electrons. The van der Waals surface area contributed by atoms with Gasteiger partial charge in [0.15, 0.2) is 17.0 Å². The maximum Gasteiger partial charge on any atom is 0.433 e. The lowest BCUT2D eigenvalue weighted by molar-refractivity contribution is -0.142. The van der Waals surface area contributed by atoms with Crippen LogP contribution >= 0.6 is 11.3 Å². The zero-order valence-electron chi connectivity index (χ0n) is 18.0. The number of nitrogens with zero attached hydrogens (tertiary/aromatic N) is 4. The van der Waals surface area contributed by atoms with E-state index in [-0.39, 0.29) is 17.0 Å². The first-order valence-corrected chi connectivity index (χ1v) is 11.5. The summed E-state index contributed by atoms with van der Waals surface area (Å²) < 4.78 is 42.1. The molecule has 4 aromatic rings. The number of benzene rings is 1. The van der Waals surface area contributed by atoms with Crippen LogP contribution in [0.4, 0.5) is 18.2 Å².